The van der Waals surface area contributed by atoms with Crippen LogP contribution in [0.5, 0.6) is 0 Å². The Hall–Kier alpha value is -2.11. The summed E-state index contributed by atoms with van der Waals surface area (Å²) in [4.78, 5) is 14.3. The van der Waals surface area contributed by atoms with E-state index in [0.29, 0.717) is 11.2 Å². The van der Waals surface area contributed by atoms with Crippen molar-refractivity contribution in [3.05, 3.63) is 30.0 Å². The van der Waals surface area contributed by atoms with E-state index in [1.807, 2.05) is 0 Å². The van der Waals surface area contributed by atoms with Crippen molar-refractivity contribution in [3.63, 3.8) is 0 Å². The van der Waals surface area contributed by atoms with Gasteiger partial charge in [-0.1, -0.05) is 12.1 Å². The second-order valence-electron chi connectivity index (χ2n) is 3.60. The van der Waals surface area contributed by atoms with Crippen LogP contribution in [0, 0.1) is 0 Å². The number of hydrogen-bond acceptors (Lipinski definition) is 2. The third-order valence-corrected chi connectivity index (χ3v) is 2.35. The fourth-order valence-corrected chi connectivity index (χ4v) is 1.57. The summed E-state index contributed by atoms with van der Waals surface area (Å²) in [6.07, 6.45) is -2.56. The zero-order valence-electron chi connectivity index (χ0n) is 8.84. The van der Waals surface area contributed by atoms with E-state index in [1.165, 1.54) is 0 Å². The van der Waals surface area contributed by atoms with Crippen LogP contribution in [0.25, 0.3) is 10.9 Å². The summed E-state index contributed by atoms with van der Waals surface area (Å²) in [6, 6.07) is 6.81. The summed E-state index contributed by atoms with van der Waals surface area (Å²) in [5, 5.41) is 2.89. The number of nitrogens with two attached hydrogens (primary N) is 1. The van der Waals surface area contributed by atoms with Gasteiger partial charge in [-0.15, -0.1) is 0 Å². The van der Waals surface area contributed by atoms with E-state index in [0.717, 1.165) is 5.39 Å². The maximum absolute atomic E-state index is 11.9. The van der Waals surface area contributed by atoms with Crippen molar-refractivity contribution in [1.29, 1.82) is 0 Å². The number of aromatic nitrogens is 1. The van der Waals surface area contributed by atoms with Crippen molar-refractivity contribution < 1.29 is 13.6 Å². The molecule has 1 amide bonds. The molecule has 0 bridgehead atoms. The Morgan fingerprint density at radius 1 is 1.47 bits per heavy atom. The molecule has 1 aromatic carbocycles. The number of aromatic amines is 1. The molecule has 4 nitrogen and oxygen atoms in total. The van der Waals surface area contributed by atoms with Crippen LogP contribution in [-0.4, -0.2) is 23.9 Å². The molecule has 0 aliphatic rings. The van der Waals surface area contributed by atoms with Gasteiger partial charge in [-0.2, -0.15) is 0 Å². The Labute approximate surface area is 95.8 Å². The smallest absolute Gasteiger partial charge is 0.267 e. The lowest BCUT2D eigenvalue weighted by Crippen LogP contribution is -2.28. The van der Waals surface area contributed by atoms with Crippen molar-refractivity contribution in [2.45, 2.75) is 6.43 Å². The van der Waals surface area contributed by atoms with Crippen LogP contribution in [0.1, 0.15) is 10.5 Å². The summed E-state index contributed by atoms with van der Waals surface area (Å²) in [5.74, 6) is -0.569. The molecule has 6 heteroatoms. The normalized spacial score (nSPS) is 11.0. The number of carbonyl (C=O) groups excluding carboxylic acids is 1. The number of hydrogen-bond donors (Lipinski definition) is 3. The number of anilines is 1. The molecule has 2 rings (SSSR count). The summed E-state index contributed by atoms with van der Waals surface area (Å²) in [7, 11) is 0. The SMILES string of the molecule is Nc1cccc2cc(C(=O)NCC(F)F)[nH]c12. The van der Waals surface area contributed by atoms with Gasteiger partial charge in [0.15, 0.2) is 0 Å². The minimum Gasteiger partial charge on any atom is -0.397 e. The van der Waals surface area contributed by atoms with Gasteiger partial charge in [0.25, 0.3) is 12.3 Å². The first-order chi connectivity index (χ1) is 8.08. The third-order valence-electron chi connectivity index (χ3n) is 2.35. The highest BCUT2D eigenvalue weighted by Crippen LogP contribution is 2.20. The largest absolute Gasteiger partial charge is 0.397 e. The maximum atomic E-state index is 11.9. The van der Waals surface area contributed by atoms with Crippen molar-refractivity contribution in [2.24, 2.45) is 0 Å². The first kappa shape index (κ1) is 11.4. The van der Waals surface area contributed by atoms with Crippen LogP contribution in [0.2, 0.25) is 0 Å². The highest BCUT2D eigenvalue weighted by atomic mass is 19.3. The molecule has 0 aliphatic carbocycles. The molecule has 1 aromatic heterocycles. The average molecular weight is 239 g/mol. The van der Waals surface area contributed by atoms with Crippen molar-refractivity contribution >= 4 is 22.5 Å². The Morgan fingerprint density at radius 3 is 2.88 bits per heavy atom. The predicted molar refractivity (Wildman–Crippen MR) is 61.0 cm³/mol. The number of amides is 1. The van der Waals surface area contributed by atoms with E-state index in [2.05, 4.69) is 10.3 Å². The molecule has 0 saturated carbocycles. The van der Waals surface area contributed by atoms with Gasteiger partial charge >= 0.3 is 0 Å². The number of nitrogens with one attached hydrogen (secondary N) is 2. The minimum absolute atomic E-state index is 0.221. The quantitative estimate of drug-likeness (QED) is 0.714. The highest BCUT2D eigenvalue weighted by Gasteiger charge is 2.12. The molecule has 0 radical (unpaired) electrons. The van der Waals surface area contributed by atoms with Gasteiger partial charge in [0.1, 0.15) is 5.69 Å². The fourth-order valence-electron chi connectivity index (χ4n) is 1.57. The van der Waals surface area contributed by atoms with Crippen LogP contribution in [0.4, 0.5) is 14.5 Å². The monoisotopic (exact) mass is 239 g/mol. The Morgan fingerprint density at radius 2 is 2.24 bits per heavy atom. The average Bonchev–Trinajstić information content (AvgIpc) is 2.71. The van der Waals surface area contributed by atoms with Gasteiger partial charge in [0, 0.05) is 5.39 Å². The number of fused-ring (bicyclic) bond motifs is 1. The van der Waals surface area contributed by atoms with Crippen LogP contribution < -0.4 is 11.1 Å². The Balaban J connectivity index is 2.24. The number of carbonyl (C=O) groups is 1. The lowest BCUT2D eigenvalue weighted by molar-refractivity contribution is 0.0888. The van der Waals surface area contributed by atoms with E-state index in [9.17, 15) is 13.6 Å². The molecule has 0 spiro atoms. The van der Waals surface area contributed by atoms with Gasteiger partial charge in [0.2, 0.25) is 0 Å². The molecule has 17 heavy (non-hydrogen) atoms. The van der Waals surface area contributed by atoms with Crippen molar-refractivity contribution in [2.75, 3.05) is 12.3 Å². The van der Waals surface area contributed by atoms with Crippen LogP contribution in [-0.2, 0) is 0 Å². The summed E-state index contributed by atoms with van der Waals surface area (Å²) in [5.41, 5.74) is 7.07. The molecule has 0 aliphatic heterocycles. The number of halogens is 2. The molecular formula is C11H11F2N3O. The molecule has 0 atom stereocenters. The number of para-hydroxylation sites is 1. The van der Waals surface area contributed by atoms with Crippen molar-refractivity contribution in [1.82, 2.24) is 10.3 Å². The van der Waals surface area contributed by atoms with E-state index >= 15 is 0 Å². The van der Waals surface area contributed by atoms with Crippen LogP contribution >= 0.6 is 0 Å². The predicted octanol–water partition coefficient (Wildman–Crippen LogP) is 1.74. The zero-order chi connectivity index (χ0) is 12.4. The van der Waals surface area contributed by atoms with Gasteiger partial charge in [-0.3, -0.25) is 4.79 Å². The Bertz CT molecular complexity index is 551. The number of H-pyrrole nitrogens is 1. The molecule has 90 valence electrons. The molecule has 2 aromatic rings. The maximum Gasteiger partial charge on any atom is 0.267 e. The van der Waals surface area contributed by atoms with Crippen LogP contribution in [0.3, 0.4) is 0 Å². The molecule has 4 N–H and O–H groups in total. The molecule has 0 unspecified atom stereocenters. The van der Waals surface area contributed by atoms with Gasteiger partial charge in [0.05, 0.1) is 17.7 Å². The van der Waals surface area contributed by atoms with Gasteiger partial charge < -0.3 is 16.0 Å². The summed E-state index contributed by atoms with van der Waals surface area (Å²) >= 11 is 0. The fraction of sp³-hybridized carbons (Fsp3) is 0.182. The Kier molecular flexibility index (Phi) is 2.95. The third kappa shape index (κ3) is 2.35. The first-order valence-electron chi connectivity index (χ1n) is 5.01. The zero-order valence-corrected chi connectivity index (χ0v) is 8.84. The number of nitrogen functional groups attached to an aromatic ring is 1. The molecule has 0 fully saturated rings. The lowest BCUT2D eigenvalue weighted by Gasteiger charge is -2.01. The standard InChI is InChI=1S/C11H11F2N3O/c12-9(13)5-15-11(17)8-4-6-2-1-3-7(14)10(6)16-8/h1-4,9,16H,5,14H2,(H,15,17). The number of benzene rings is 1. The first-order valence-corrected chi connectivity index (χ1v) is 5.01. The van der Waals surface area contributed by atoms with Gasteiger partial charge in [-0.05, 0) is 12.1 Å². The number of rotatable bonds is 3. The highest BCUT2D eigenvalue weighted by molar-refractivity contribution is 6.00. The molecular weight excluding hydrogens is 228 g/mol. The summed E-state index contributed by atoms with van der Waals surface area (Å²) < 4.78 is 23.9. The van der Waals surface area contributed by atoms with Crippen LogP contribution in [0.15, 0.2) is 24.3 Å². The second kappa shape index (κ2) is 4.40. The topological polar surface area (TPSA) is 70.9 Å². The van der Waals surface area contributed by atoms with Gasteiger partial charge in [-0.25, -0.2) is 8.78 Å². The van der Waals surface area contributed by atoms with E-state index in [1.54, 1.807) is 24.3 Å². The minimum atomic E-state index is -2.56. The van der Waals surface area contributed by atoms with E-state index in [4.69, 9.17) is 5.73 Å². The lowest BCUT2D eigenvalue weighted by atomic mass is 10.2. The van der Waals surface area contributed by atoms with E-state index < -0.39 is 18.9 Å². The number of alkyl halides is 2. The second-order valence-corrected chi connectivity index (χ2v) is 3.60. The van der Waals surface area contributed by atoms with Crippen molar-refractivity contribution in [3.8, 4) is 0 Å². The van der Waals surface area contributed by atoms with E-state index in [-0.39, 0.29) is 5.69 Å². The molecule has 0 saturated heterocycles. The molecule has 1 heterocycles. The summed E-state index contributed by atoms with van der Waals surface area (Å²) in [6.45, 7) is -0.663.